The second-order valence-electron chi connectivity index (χ2n) is 4.04. The van der Waals surface area contributed by atoms with E-state index in [9.17, 15) is 4.79 Å². The first kappa shape index (κ1) is 13.6. The van der Waals surface area contributed by atoms with Crippen molar-refractivity contribution in [1.29, 1.82) is 0 Å². The number of unbranched alkanes of at least 4 members (excludes halogenated alkanes) is 2. The lowest BCUT2D eigenvalue weighted by molar-refractivity contribution is 0.0980. The monoisotopic (exact) mass is 235 g/mol. The molecule has 0 fully saturated rings. The van der Waals surface area contributed by atoms with Crippen LogP contribution in [-0.4, -0.2) is 19.9 Å². The van der Waals surface area contributed by atoms with E-state index >= 15 is 0 Å². The van der Waals surface area contributed by atoms with Gasteiger partial charge in [-0.2, -0.15) is 0 Å². The smallest absolute Gasteiger partial charge is 0.164 e. The van der Waals surface area contributed by atoms with E-state index < -0.39 is 0 Å². The third-order valence-corrected chi connectivity index (χ3v) is 2.80. The molecule has 0 atom stereocenters. The first-order valence-corrected chi connectivity index (χ1v) is 6.12. The van der Waals surface area contributed by atoms with Crippen LogP contribution in [-0.2, 0) is 0 Å². The van der Waals surface area contributed by atoms with E-state index in [0.29, 0.717) is 6.42 Å². The molecule has 0 unspecified atom stereocenters. The zero-order valence-corrected chi connectivity index (χ0v) is 10.9. The van der Waals surface area contributed by atoms with Crippen LogP contribution in [0.1, 0.15) is 43.0 Å². The maximum Gasteiger partial charge on any atom is 0.164 e. The first-order valence-electron chi connectivity index (χ1n) is 6.12. The molecule has 94 valence electrons. The number of methoxy groups -OCH3 is 1. The van der Waals surface area contributed by atoms with E-state index in [-0.39, 0.29) is 5.78 Å². The molecule has 1 N–H and O–H groups in total. The van der Waals surface area contributed by atoms with Crippen LogP contribution in [0.25, 0.3) is 0 Å². The Bertz CT molecular complexity index is 374. The molecule has 1 rings (SSSR count). The largest absolute Gasteiger partial charge is 0.497 e. The Kier molecular flexibility index (Phi) is 5.53. The topological polar surface area (TPSA) is 38.3 Å². The van der Waals surface area contributed by atoms with Crippen LogP contribution in [0.5, 0.6) is 5.75 Å². The van der Waals surface area contributed by atoms with Crippen molar-refractivity contribution in [3.63, 3.8) is 0 Å². The fourth-order valence-corrected chi connectivity index (χ4v) is 1.77. The molecule has 0 aliphatic rings. The number of hydrogen-bond acceptors (Lipinski definition) is 3. The minimum absolute atomic E-state index is 0.199. The molecule has 17 heavy (non-hydrogen) atoms. The SMILES string of the molecule is CCCCCC(=O)c1ccc(OC)cc1NC. The number of hydrogen-bond donors (Lipinski definition) is 1. The van der Waals surface area contributed by atoms with Gasteiger partial charge in [-0.05, 0) is 18.6 Å². The van der Waals surface area contributed by atoms with Gasteiger partial charge in [0.1, 0.15) is 5.75 Å². The summed E-state index contributed by atoms with van der Waals surface area (Å²) in [6.07, 6.45) is 3.82. The number of Topliss-reactive ketones (excluding diaryl/α,β-unsaturated/α-hetero) is 1. The maximum absolute atomic E-state index is 12.0. The predicted octanol–water partition coefficient (Wildman–Crippen LogP) is 3.50. The molecule has 0 radical (unpaired) electrons. The molecule has 1 aromatic carbocycles. The summed E-state index contributed by atoms with van der Waals surface area (Å²) >= 11 is 0. The van der Waals surface area contributed by atoms with Crippen molar-refractivity contribution in [3.8, 4) is 5.75 Å². The molecule has 0 heterocycles. The van der Waals surface area contributed by atoms with Crippen molar-refractivity contribution in [2.45, 2.75) is 32.6 Å². The van der Waals surface area contributed by atoms with Crippen LogP contribution >= 0.6 is 0 Å². The molecule has 1 aromatic rings. The van der Waals surface area contributed by atoms with Gasteiger partial charge in [0.15, 0.2) is 5.78 Å². The van der Waals surface area contributed by atoms with Crippen LogP contribution in [0.2, 0.25) is 0 Å². The number of nitrogens with one attached hydrogen (secondary N) is 1. The fraction of sp³-hybridized carbons (Fsp3) is 0.500. The number of anilines is 1. The summed E-state index contributed by atoms with van der Waals surface area (Å²) in [6, 6.07) is 5.51. The van der Waals surface area contributed by atoms with Crippen molar-refractivity contribution in [1.82, 2.24) is 0 Å². The molecule has 0 amide bonds. The van der Waals surface area contributed by atoms with Crippen molar-refractivity contribution in [2.24, 2.45) is 0 Å². The lowest BCUT2D eigenvalue weighted by Gasteiger charge is -2.10. The Balaban J connectivity index is 2.78. The van der Waals surface area contributed by atoms with Gasteiger partial charge in [0.2, 0.25) is 0 Å². The predicted molar refractivity (Wildman–Crippen MR) is 71.0 cm³/mol. The van der Waals surface area contributed by atoms with E-state index in [1.54, 1.807) is 7.11 Å². The normalized spacial score (nSPS) is 10.1. The fourth-order valence-electron chi connectivity index (χ4n) is 1.77. The molecule has 0 saturated carbocycles. The van der Waals surface area contributed by atoms with E-state index in [1.807, 2.05) is 25.2 Å². The Morgan fingerprint density at radius 1 is 1.35 bits per heavy atom. The third-order valence-electron chi connectivity index (χ3n) is 2.80. The summed E-state index contributed by atoms with van der Waals surface area (Å²) in [5, 5.41) is 3.04. The molecular weight excluding hydrogens is 214 g/mol. The van der Waals surface area contributed by atoms with Gasteiger partial charge in [0.25, 0.3) is 0 Å². The molecule has 0 aromatic heterocycles. The van der Waals surface area contributed by atoms with Crippen molar-refractivity contribution in [2.75, 3.05) is 19.5 Å². The number of benzene rings is 1. The Labute approximate surface area is 103 Å². The molecule has 0 spiro atoms. The highest BCUT2D eigenvalue weighted by atomic mass is 16.5. The van der Waals surface area contributed by atoms with Crippen molar-refractivity contribution in [3.05, 3.63) is 23.8 Å². The highest BCUT2D eigenvalue weighted by Gasteiger charge is 2.11. The van der Waals surface area contributed by atoms with Crippen LogP contribution < -0.4 is 10.1 Å². The van der Waals surface area contributed by atoms with Crippen LogP contribution in [0.3, 0.4) is 0 Å². The minimum atomic E-state index is 0.199. The standard InChI is InChI=1S/C14H21NO2/c1-4-5-6-7-14(16)12-9-8-11(17-3)10-13(12)15-2/h8-10,15H,4-7H2,1-3H3. The molecule has 0 bridgehead atoms. The zero-order chi connectivity index (χ0) is 12.7. The van der Waals surface area contributed by atoms with Crippen LogP contribution in [0.4, 0.5) is 5.69 Å². The molecule has 3 heteroatoms. The van der Waals surface area contributed by atoms with Crippen molar-refractivity contribution < 1.29 is 9.53 Å². The Hall–Kier alpha value is -1.51. The van der Waals surface area contributed by atoms with Crippen molar-refractivity contribution >= 4 is 11.5 Å². The number of ether oxygens (including phenoxy) is 1. The zero-order valence-electron chi connectivity index (χ0n) is 10.9. The van der Waals surface area contributed by atoms with E-state index in [1.165, 1.54) is 0 Å². The average molecular weight is 235 g/mol. The number of carbonyl (C=O) groups excluding carboxylic acids is 1. The summed E-state index contributed by atoms with van der Waals surface area (Å²) < 4.78 is 5.14. The molecule has 0 aliphatic heterocycles. The summed E-state index contributed by atoms with van der Waals surface area (Å²) in [4.78, 5) is 12.0. The quantitative estimate of drug-likeness (QED) is 0.580. The first-order chi connectivity index (χ1) is 8.22. The van der Waals surface area contributed by atoms with E-state index in [2.05, 4.69) is 12.2 Å². The second-order valence-corrected chi connectivity index (χ2v) is 4.04. The summed E-state index contributed by atoms with van der Waals surface area (Å²) in [6.45, 7) is 2.14. The maximum atomic E-state index is 12.0. The Morgan fingerprint density at radius 2 is 2.12 bits per heavy atom. The summed E-state index contributed by atoms with van der Waals surface area (Å²) in [5.41, 5.74) is 1.59. The molecule has 3 nitrogen and oxygen atoms in total. The number of carbonyl (C=O) groups is 1. The van der Waals surface area contributed by atoms with Gasteiger partial charge in [-0.1, -0.05) is 19.8 Å². The lowest BCUT2D eigenvalue weighted by Crippen LogP contribution is -2.04. The molecule has 0 aliphatic carbocycles. The van der Waals surface area contributed by atoms with E-state index in [0.717, 1.165) is 36.3 Å². The summed E-state index contributed by atoms with van der Waals surface area (Å²) in [7, 11) is 3.44. The van der Waals surface area contributed by atoms with Crippen LogP contribution in [0, 0.1) is 0 Å². The summed E-state index contributed by atoms with van der Waals surface area (Å²) in [5.74, 6) is 0.963. The van der Waals surface area contributed by atoms with Gasteiger partial charge < -0.3 is 10.1 Å². The molecular formula is C14H21NO2. The van der Waals surface area contributed by atoms with Gasteiger partial charge >= 0.3 is 0 Å². The third kappa shape index (κ3) is 3.77. The molecule has 0 saturated heterocycles. The van der Waals surface area contributed by atoms with Gasteiger partial charge in [-0.3, -0.25) is 4.79 Å². The van der Waals surface area contributed by atoms with Gasteiger partial charge in [-0.25, -0.2) is 0 Å². The van der Waals surface area contributed by atoms with Gasteiger partial charge in [-0.15, -0.1) is 0 Å². The number of rotatable bonds is 7. The lowest BCUT2D eigenvalue weighted by atomic mass is 10.0. The van der Waals surface area contributed by atoms with Gasteiger partial charge in [0.05, 0.1) is 7.11 Å². The Morgan fingerprint density at radius 3 is 2.71 bits per heavy atom. The highest BCUT2D eigenvalue weighted by Crippen LogP contribution is 2.23. The average Bonchev–Trinajstić information content (AvgIpc) is 2.38. The van der Waals surface area contributed by atoms with Crippen LogP contribution in [0.15, 0.2) is 18.2 Å². The van der Waals surface area contributed by atoms with E-state index in [4.69, 9.17) is 4.74 Å². The number of ketones is 1. The second kappa shape index (κ2) is 6.94. The van der Waals surface area contributed by atoms with Gasteiger partial charge in [0, 0.05) is 30.8 Å². The minimum Gasteiger partial charge on any atom is -0.497 e. The highest BCUT2D eigenvalue weighted by molar-refractivity contribution is 6.01.